The number of nitrogens with zero attached hydrogens (tertiary/aromatic N) is 1. The van der Waals surface area contributed by atoms with Crippen molar-refractivity contribution in [1.82, 2.24) is 4.90 Å². The second-order valence-corrected chi connectivity index (χ2v) is 4.79. The zero-order chi connectivity index (χ0) is 10.1. The first-order chi connectivity index (χ1) is 5.90. The number of ether oxygens (including phenoxy) is 1. The van der Waals surface area contributed by atoms with Crippen molar-refractivity contribution in [3.63, 3.8) is 0 Å². The smallest absolute Gasteiger partial charge is 0.182 e. The van der Waals surface area contributed by atoms with E-state index < -0.39 is 0 Å². The topological polar surface area (TPSA) is 12.5 Å². The van der Waals surface area contributed by atoms with Crippen LogP contribution in [0.3, 0.4) is 0 Å². The molecule has 76 valence electrons. The fourth-order valence-electron chi connectivity index (χ4n) is 1.72. The Labute approximate surface area is 81.6 Å². The van der Waals surface area contributed by atoms with Crippen LogP contribution in [0, 0.1) is 0 Å². The first kappa shape index (κ1) is 10.4. The maximum Gasteiger partial charge on any atom is 0.182 e. The van der Waals surface area contributed by atoms with Crippen molar-refractivity contribution in [2.24, 2.45) is 0 Å². The molecule has 1 aliphatic heterocycles. The van der Waals surface area contributed by atoms with Gasteiger partial charge in [0.2, 0.25) is 0 Å². The van der Waals surface area contributed by atoms with Crippen molar-refractivity contribution in [2.45, 2.75) is 52.2 Å². The van der Waals surface area contributed by atoms with Crippen LogP contribution in [-0.2, 0) is 4.74 Å². The molecule has 13 heavy (non-hydrogen) atoms. The van der Waals surface area contributed by atoms with Crippen LogP contribution in [0.25, 0.3) is 0 Å². The van der Waals surface area contributed by atoms with Gasteiger partial charge < -0.3 is 9.64 Å². The highest BCUT2D eigenvalue weighted by Crippen LogP contribution is 2.24. The second kappa shape index (κ2) is 3.60. The molecule has 0 radical (unpaired) electrons. The predicted molar refractivity (Wildman–Crippen MR) is 55.4 cm³/mol. The van der Waals surface area contributed by atoms with E-state index in [0.717, 1.165) is 12.4 Å². The zero-order valence-corrected chi connectivity index (χ0v) is 9.26. The highest BCUT2D eigenvalue weighted by Gasteiger charge is 2.24. The van der Waals surface area contributed by atoms with E-state index in [4.69, 9.17) is 4.74 Å². The maximum absolute atomic E-state index is 5.72. The Morgan fingerprint density at radius 3 is 2.46 bits per heavy atom. The Bertz CT molecular complexity index is 193. The summed E-state index contributed by atoms with van der Waals surface area (Å²) in [6.45, 7) is 13.5. The average Bonchev–Trinajstić information content (AvgIpc) is 2.30. The molecular formula is C11H21NO. The van der Waals surface area contributed by atoms with E-state index in [2.05, 4.69) is 39.2 Å². The summed E-state index contributed by atoms with van der Waals surface area (Å²) < 4.78 is 5.72. The summed E-state index contributed by atoms with van der Waals surface area (Å²) in [5.74, 6) is 0.831. The van der Waals surface area contributed by atoms with Crippen molar-refractivity contribution in [1.29, 1.82) is 0 Å². The van der Waals surface area contributed by atoms with E-state index in [0.29, 0.717) is 6.04 Å². The molecule has 1 aliphatic rings. The first-order valence-corrected chi connectivity index (χ1v) is 5.05. The predicted octanol–water partition coefficient (Wildman–Crippen LogP) is 2.76. The van der Waals surface area contributed by atoms with Crippen LogP contribution in [0.15, 0.2) is 12.5 Å². The second-order valence-electron chi connectivity index (χ2n) is 4.79. The Balaban J connectivity index is 2.48. The normalized spacial score (nSPS) is 23.4. The lowest BCUT2D eigenvalue weighted by atomic mass is 10.2. The molecule has 1 fully saturated rings. The first-order valence-electron chi connectivity index (χ1n) is 5.05. The van der Waals surface area contributed by atoms with Gasteiger partial charge in [0.15, 0.2) is 5.88 Å². The van der Waals surface area contributed by atoms with Crippen LogP contribution >= 0.6 is 0 Å². The molecule has 2 heteroatoms. The summed E-state index contributed by atoms with van der Waals surface area (Å²) in [6.07, 6.45) is 2.51. The fourth-order valence-corrected chi connectivity index (χ4v) is 1.72. The summed E-state index contributed by atoms with van der Waals surface area (Å²) in [4.78, 5) is 2.26. The van der Waals surface area contributed by atoms with Gasteiger partial charge in [-0.05, 0) is 47.1 Å². The SMILES string of the molecule is C=C(OC(C)(C)C)N1CCCC1C. The Morgan fingerprint density at radius 1 is 1.46 bits per heavy atom. The largest absolute Gasteiger partial charge is 0.474 e. The van der Waals surface area contributed by atoms with Crippen LogP contribution in [0.2, 0.25) is 0 Å². The summed E-state index contributed by atoms with van der Waals surface area (Å²) in [6, 6.07) is 0.592. The fraction of sp³-hybridized carbons (Fsp3) is 0.818. The number of rotatable bonds is 2. The van der Waals surface area contributed by atoms with Gasteiger partial charge in [-0.25, -0.2) is 0 Å². The van der Waals surface area contributed by atoms with E-state index in [1.807, 2.05) is 0 Å². The van der Waals surface area contributed by atoms with Gasteiger partial charge in [-0.1, -0.05) is 0 Å². The van der Waals surface area contributed by atoms with Gasteiger partial charge in [0.05, 0.1) is 0 Å². The van der Waals surface area contributed by atoms with Crippen molar-refractivity contribution < 1.29 is 4.74 Å². The lowest BCUT2D eigenvalue weighted by Crippen LogP contribution is -2.31. The monoisotopic (exact) mass is 183 g/mol. The molecule has 0 aromatic rings. The van der Waals surface area contributed by atoms with Crippen LogP contribution in [0.5, 0.6) is 0 Å². The summed E-state index contributed by atoms with van der Waals surface area (Å²) in [5.41, 5.74) is -0.126. The third kappa shape index (κ3) is 2.94. The zero-order valence-electron chi connectivity index (χ0n) is 9.26. The molecule has 1 saturated heterocycles. The lowest BCUT2D eigenvalue weighted by Gasteiger charge is -2.31. The molecule has 0 bridgehead atoms. The van der Waals surface area contributed by atoms with Gasteiger partial charge in [-0.15, -0.1) is 0 Å². The quantitative estimate of drug-likeness (QED) is 0.610. The highest BCUT2D eigenvalue weighted by molar-refractivity contribution is 4.92. The number of hydrogen-bond acceptors (Lipinski definition) is 2. The maximum atomic E-state index is 5.72. The molecule has 0 amide bonds. The van der Waals surface area contributed by atoms with Crippen LogP contribution in [0.4, 0.5) is 0 Å². The molecule has 0 saturated carbocycles. The molecule has 0 aromatic carbocycles. The minimum Gasteiger partial charge on any atom is -0.474 e. The number of likely N-dealkylation sites (tertiary alicyclic amines) is 1. The molecule has 0 aliphatic carbocycles. The van der Waals surface area contributed by atoms with Crippen molar-refractivity contribution in [2.75, 3.05) is 6.54 Å². The van der Waals surface area contributed by atoms with Crippen LogP contribution < -0.4 is 0 Å². The third-order valence-corrected chi connectivity index (χ3v) is 2.30. The summed E-state index contributed by atoms with van der Waals surface area (Å²) in [5, 5.41) is 0. The van der Waals surface area contributed by atoms with Crippen molar-refractivity contribution in [3.05, 3.63) is 12.5 Å². The van der Waals surface area contributed by atoms with Gasteiger partial charge in [0.25, 0.3) is 0 Å². The molecule has 2 nitrogen and oxygen atoms in total. The van der Waals surface area contributed by atoms with E-state index >= 15 is 0 Å². The molecule has 1 atom stereocenters. The molecule has 0 N–H and O–H groups in total. The summed E-state index contributed by atoms with van der Waals surface area (Å²) >= 11 is 0. The molecule has 0 aromatic heterocycles. The van der Waals surface area contributed by atoms with E-state index in [9.17, 15) is 0 Å². The molecule has 1 rings (SSSR count). The molecule has 1 heterocycles. The molecular weight excluding hydrogens is 162 g/mol. The van der Waals surface area contributed by atoms with Crippen LogP contribution in [-0.4, -0.2) is 23.1 Å². The van der Waals surface area contributed by atoms with E-state index in [-0.39, 0.29) is 5.60 Å². The van der Waals surface area contributed by atoms with Crippen molar-refractivity contribution >= 4 is 0 Å². The average molecular weight is 183 g/mol. The Kier molecular flexibility index (Phi) is 2.89. The Hall–Kier alpha value is -0.660. The standard InChI is InChI=1S/C11H21NO/c1-9-7-6-8-12(9)10(2)13-11(3,4)5/h9H,2,6-8H2,1,3-5H3. The third-order valence-electron chi connectivity index (χ3n) is 2.30. The minimum absolute atomic E-state index is 0.126. The van der Waals surface area contributed by atoms with E-state index in [1.165, 1.54) is 12.8 Å². The minimum atomic E-state index is -0.126. The van der Waals surface area contributed by atoms with Gasteiger partial charge in [0, 0.05) is 12.6 Å². The number of hydrogen-bond donors (Lipinski definition) is 0. The molecule has 1 unspecified atom stereocenters. The van der Waals surface area contributed by atoms with Gasteiger partial charge in [-0.2, -0.15) is 0 Å². The summed E-state index contributed by atoms with van der Waals surface area (Å²) in [7, 11) is 0. The van der Waals surface area contributed by atoms with Gasteiger partial charge in [-0.3, -0.25) is 0 Å². The van der Waals surface area contributed by atoms with Crippen LogP contribution in [0.1, 0.15) is 40.5 Å². The van der Waals surface area contributed by atoms with Gasteiger partial charge in [0.1, 0.15) is 5.60 Å². The van der Waals surface area contributed by atoms with Crippen molar-refractivity contribution in [3.8, 4) is 0 Å². The lowest BCUT2D eigenvalue weighted by molar-refractivity contribution is 0.00128. The Morgan fingerprint density at radius 2 is 2.08 bits per heavy atom. The molecule has 0 spiro atoms. The highest BCUT2D eigenvalue weighted by atomic mass is 16.5. The van der Waals surface area contributed by atoms with E-state index in [1.54, 1.807) is 0 Å². The van der Waals surface area contributed by atoms with Gasteiger partial charge >= 0.3 is 0 Å².